The minimum Gasteiger partial charge on any atom is -0.372 e. The van der Waals surface area contributed by atoms with Crippen molar-refractivity contribution in [1.29, 1.82) is 0 Å². The van der Waals surface area contributed by atoms with Gasteiger partial charge < -0.3 is 10.1 Å². The summed E-state index contributed by atoms with van der Waals surface area (Å²) in [4.78, 5) is 18.8. The van der Waals surface area contributed by atoms with E-state index < -0.39 is 0 Å². The molecule has 0 aromatic carbocycles. The number of hydrogen-bond donors (Lipinski definition) is 1. The summed E-state index contributed by atoms with van der Waals surface area (Å²) in [7, 11) is 0. The number of carbonyl (C=O) groups is 1. The summed E-state index contributed by atoms with van der Waals surface area (Å²) < 4.78 is 6.02. The Bertz CT molecular complexity index is 486. The fraction of sp³-hybridized carbons (Fsp3) is 0.625. The van der Waals surface area contributed by atoms with Gasteiger partial charge in [-0.3, -0.25) is 9.69 Å². The molecule has 0 radical (unpaired) electrons. The van der Waals surface area contributed by atoms with Gasteiger partial charge in [-0.05, 0) is 31.9 Å². The Labute approximate surface area is 125 Å². The number of pyridine rings is 1. The number of hydrogen-bond acceptors (Lipinski definition) is 4. The average molecular weight is 289 g/mol. The summed E-state index contributed by atoms with van der Waals surface area (Å²) >= 11 is 0. The van der Waals surface area contributed by atoms with Crippen molar-refractivity contribution in [3.05, 3.63) is 24.4 Å². The maximum Gasteiger partial charge on any atom is 0.242 e. The Morgan fingerprint density at radius 2 is 2.24 bits per heavy atom. The second kappa shape index (κ2) is 6.12. The lowest BCUT2D eigenvalue weighted by Crippen LogP contribution is -2.55. The molecule has 1 aromatic rings. The lowest BCUT2D eigenvalue weighted by molar-refractivity contribution is -0.133. The zero-order chi connectivity index (χ0) is 14.7. The van der Waals surface area contributed by atoms with Crippen LogP contribution < -0.4 is 5.32 Å². The number of anilines is 1. The van der Waals surface area contributed by atoms with Crippen LogP contribution in [-0.4, -0.2) is 47.1 Å². The quantitative estimate of drug-likeness (QED) is 0.925. The number of carbonyl (C=O) groups excluding carboxylic acids is 1. The van der Waals surface area contributed by atoms with Crippen LogP contribution in [0.4, 0.5) is 5.82 Å². The van der Waals surface area contributed by atoms with E-state index in [-0.39, 0.29) is 17.6 Å². The lowest BCUT2D eigenvalue weighted by atomic mass is 9.98. The third-order valence-electron chi connectivity index (χ3n) is 4.64. The van der Waals surface area contributed by atoms with Crippen LogP contribution in [0.2, 0.25) is 0 Å². The maximum atomic E-state index is 12.4. The van der Waals surface area contributed by atoms with Gasteiger partial charge in [0.25, 0.3) is 0 Å². The molecule has 1 saturated carbocycles. The van der Waals surface area contributed by atoms with Crippen LogP contribution in [0.15, 0.2) is 24.4 Å². The second-order valence-corrected chi connectivity index (χ2v) is 6.09. The SMILES string of the molecule is C[C@@H](C(=O)Nc1ccccn1)N1CCOC2(CCCC2)C1. The molecule has 3 rings (SSSR count). The molecule has 0 bridgehead atoms. The van der Waals surface area contributed by atoms with Crippen LogP contribution in [0.25, 0.3) is 0 Å². The molecule has 1 spiro atoms. The van der Waals surface area contributed by atoms with E-state index in [1.165, 1.54) is 12.8 Å². The third-order valence-corrected chi connectivity index (χ3v) is 4.64. The molecule has 2 fully saturated rings. The fourth-order valence-corrected chi connectivity index (χ4v) is 3.36. The highest BCUT2D eigenvalue weighted by Crippen LogP contribution is 2.36. The van der Waals surface area contributed by atoms with E-state index in [1.54, 1.807) is 6.20 Å². The highest BCUT2D eigenvalue weighted by atomic mass is 16.5. The average Bonchev–Trinajstić information content (AvgIpc) is 2.95. The first-order valence-corrected chi connectivity index (χ1v) is 7.78. The second-order valence-electron chi connectivity index (χ2n) is 6.09. The van der Waals surface area contributed by atoms with E-state index >= 15 is 0 Å². The predicted octanol–water partition coefficient (Wildman–Crippen LogP) is 2.05. The molecular weight excluding hydrogens is 266 g/mol. The highest BCUT2D eigenvalue weighted by Gasteiger charge is 2.41. The summed E-state index contributed by atoms with van der Waals surface area (Å²) in [5, 5.41) is 2.89. The van der Waals surface area contributed by atoms with Crippen molar-refractivity contribution in [2.45, 2.75) is 44.2 Å². The zero-order valence-corrected chi connectivity index (χ0v) is 12.5. The van der Waals surface area contributed by atoms with Crippen molar-refractivity contribution in [3.8, 4) is 0 Å². The minimum atomic E-state index is -0.159. The van der Waals surface area contributed by atoms with Gasteiger partial charge in [0, 0.05) is 19.3 Å². The van der Waals surface area contributed by atoms with Gasteiger partial charge in [-0.1, -0.05) is 18.9 Å². The molecular formula is C16H23N3O2. The number of morpholine rings is 1. The van der Waals surface area contributed by atoms with Gasteiger partial charge in [0.1, 0.15) is 5.82 Å². The van der Waals surface area contributed by atoms with E-state index in [1.807, 2.05) is 25.1 Å². The Morgan fingerprint density at radius 1 is 1.43 bits per heavy atom. The summed E-state index contributed by atoms with van der Waals surface area (Å²) in [6.07, 6.45) is 6.41. The van der Waals surface area contributed by atoms with Gasteiger partial charge >= 0.3 is 0 Å². The van der Waals surface area contributed by atoms with Crippen molar-refractivity contribution in [2.24, 2.45) is 0 Å². The molecule has 114 valence electrons. The number of rotatable bonds is 3. The van der Waals surface area contributed by atoms with Crippen molar-refractivity contribution in [2.75, 3.05) is 25.0 Å². The smallest absolute Gasteiger partial charge is 0.242 e. The summed E-state index contributed by atoms with van der Waals surface area (Å²) in [6.45, 7) is 4.37. The van der Waals surface area contributed by atoms with E-state index in [2.05, 4.69) is 15.2 Å². The number of ether oxygens (including phenoxy) is 1. The number of nitrogens with one attached hydrogen (secondary N) is 1. The lowest BCUT2D eigenvalue weighted by Gasteiger charge is -2.42. The summed E-state index contributed by atoms with van der Waals surface area (Å²) in [6, 6.07) is 5.36. The Hall–Kier alpha value is -1.46. The number of nitrogens with zero attached hydrogens (tertiary/aromatic N) is 2. The fourth-order valence-electron chi connectivity index (χ4n) is 3.36. The number of amides is 1. The molecule has 2 aliphatic rings. The van der Waals surface area contributed by atoms with Gasteiger partial charge in [0.05, 0.1) is 18.2 Å². The van der Waals surface area contributed by atoms with Crippen LogP contribution in [0.5, 0.6) is 0 Å². The monoisotopic (exact) mass is 289 g/mol. The van der Waals surface area contributed by atoms with E-state index in [0.717, 1.165) is 32.5 Å². The van der Waals surface area contributed by atoms with Crippen LogP contribution >= 0.6 is 0 Å². The third kappa shape index (κ3) is 3.24. The standard InChI is InChI=1S/C16H23N3O2/c1-13(15(20)18-14-6-2-5-9-17-14)19-10-11-21-16(12-19)7-3-4-8-16/h2,5-6,9,13H,3-4,7-8,10-12H2,1H3,(H,17,18,20)/t13-/m0/s1. The van der Waals surface area contributed by atoms with Crippen LogP contribution in [0, 0.1) is 0 Å². The molecule has 5 heteroatoms. The van der Waals surface area contributed by atoms with Gasteiger partial charge in [-0.25, -0.2) is 4.98 Å². The molecule has 1 aliphatic heterocycles. The van der Waals surface area contributed by atoms with Crippen molar-refractivity contribution in [3.63, 3.8) is 0 Å². The van der Waals surface area contributed by atoms with Gasteiger partial charge in [-0.2, -0.15) is 0 Å². The predicted molar refractivity (Wildman–Crippen MR) is 81.1 cm³/mol. The van der Waals surface area contributed by atoms with Gasteiger partial charge in [0.2, 0.25) is 5.91 Å². The first-order valence-electron chi connectivity index (χ1n) is 7.78. The molecule has 1 N–H and O–H groups in total. The van der Waals surface area contributed by atoms with Crippen molar-refractivity contribution in [1.82, 2.24) is 9.88 Å². The molecule has 2 heterocycles. The molecule has 0 unspecified atom stereocenters. The van der Waals surface area contributed by atoms with E-state index in [9.17, 15) is 4.79 Å². The van der Waals surface area contributed by atoms with Crippen LogP contribution in [0.3, 0.4) is 0 Å². The van der Waals surface area contributed by atoms with Crippen molar-refractivity contribution >= 4 is 11.7 Å². The number of aromatic nitrogens is 1. The molecule has 1 atom stereocenters. The zero-order valence-electron chi connectivity index (χ0n) is 12.5. The largest absolute Gasteiger partial charge is 0.372 e. The van der Waals surface area contributed by atoms with Gasteiger partial charge in [0.15, 0.2) is 0 Å². The molecule has 1 aliphatic carbocycles. The molecule has 1 saturated heterocycles. The maximum absolute atomic E-state index is 12.4. The first-order chi connectivity index (χ1) is 10.2. The normalized spacial score (nSPS) is 23.1. The Morgan fingerprint density at radius 3 is 2.95 bits per heavy atom. The first kappa shape index (κ1) is 14.5. The molecule has 5 nitrogen and oxygen atoms in total. The molecule has 1 amide bonds. The Kier molecular flexibility index (Phi) is 4.22. The van der Waals surface area contributed by atoms with E-state index in [4.69, 9.17) is 4.74 Å². The minimum absolute atomic E-state index is 0.00220. The van der Waals surface area contributed by atoms with Crippen molar-refractivity contribution < 1.29 is 9.53 Å². The molecule has 1 aromatic heterocycles. The van der Waals surface area contributed by atoms with Crippen LogP contribution in [0.1, 0.15) is 32.6 Å². The summed E-state index contributed by atoms with van der Waals surface area (Å²) in [5.74, 6) is 0.613. The highest BCUT2D eigenvalue weighted by molar-refractivity contribution is 5.93. The van der Waals surface area contributed by atoms with E-state index in [0.29, 0.717) is 5.82 Å². The Balaban J connectivity index is 1.61. The van der Waals surface area contributed by atoms with Gasteiger partial charge in [-0.15, -0.1) is 0 Å². The summed E-state index contributed by atoms with van der Waals surface area (Å²) in [5.41, 5.74) is -0.00220. The molecule has 21 heavy (non-hydrogen) atoms. The van der Waals surface area contributed by atoms with Crippen LogP contribution in [-0.2, 0) is 9.53 Å². The topological polar surface area (TPSA) is 54.5 Å².